The first-order valence-electron chi connectivity index (χ1n) is 9.75. The van der Waals surface area contributed by atoms with E-state index >= 15 is 0 Å². The summed E-state index contributed by atoms with van der Waals surface area (Å²) in [4.78, 5) is 54.3. The molecule has 5 amide bonds. The van der Waals surface area contributed by atoms with Crippen LogP contribution in [0.5, 0.6) is 0 Å². The average Bonchev–Trinajstić information content (AvgIpc) is 3.32. The van der Waals surface area contributed by atoms with Gasteiger partial charge >= 0.3 is 6.03 Å². The molecule has 2 aliphatic heterocycles. The van der Waals surface area contributed by atoms with E-state index in [-0.39, 0.29) is 30.0 Å². The molecule has 0 atom stereocenters. The second-order valence-corrected chi connectivity index (χ2v) is 7.61. The first-order chi connectivity index (χ1) is 13.5. The summed E-state index contributed by atoms with van der Waals surface area (Å²) in [7, 11) is 0. The van der Waals surface area contributed by atoms with Gasteiger partial charge in [0.15, 0.2) is 5.76 Å². The van der Waals surface area contributed by atoms with Crippen molar-refractivity contribution in [3.8, 4) is 0 Å². The van der Waals surface area contributed by atoms with Crippen LogP contribution in [0.1, 0.15) is 42.7 Å². The predicted octanol–water partition coefficient (Wildman–Crippen LogP) is 0.819. The Morgan fingerprint density at radius 3 is 2.36 bits per heavy atom. The predicted molar refractivity (Wildman–Crippen MR) is 97.3 cm³/mol. The molecule has 1 aromatic heterocycles. The summed E-state index contributed by atoms with van der Waals surface area (Å²) in [5.74, 6) is -0.485. The zero-order chi connectivity index (χ0) is 19.7. The molecule has 0 aromatic carbocycles. The lowest BCUT2D eigenvalue weighted by Crippen LogP contribution is -2.53. The van der Waals surface area contributed by atoms with E-state index in [2.05, 4.69) is 5.32 Å². The van der Waals surface area contributed by atoms with Crippen molar-refractivity contribution in [2.24, 2.45) is 0 Å². The number of hydrogen-bond donors (Lipinski definition) is 1. The number of rotatable bonds is 3. The van der Waals surface area contributed by atoms with Crippen molar-refractivity contribution in [1.29, 1.82) is 0 Å². The summed E-state index contributed by atoms with van der Waals surface area (Å²) in [5, 5.41) is 2.82. The number of furan rings is 1. The summed E-state index contributed by atoms with van der Waals surface area (Å²) in [6.45, 7) is 1.24. The summed E-state index contributed by atoms with van der Waals surface area (Å²) in [6.07, 6.45) is 5.58. The van der Waals surface area contributed by atoms with Gasteiger partial charge in [0, 0.05) is 26.2 Å². The van der Waals surface area contributed by atoms with E-state index in [1.165, 1.54) is 6.26 Å². The van der Waals surface area contributed by atoms with Gasteiger partial charge in [-0.2, -0.15) is 0 Å². The first-order valence-corrected chi connectivity index (χ1v) is 9.75. The van der Waals surface area contributed by atoms with Crippen LogP contribution in [0.2, 0.25) is 0 Å². The van der Waals surface area contributed by atoms with Crippen LogP contribution < -0.4 is 5.32 Å². The Bertz CT molecular complexity index is 776. The van der Waals surface area contributed by atoms with Gasteiger partial charge in [-0.3, -0.25) is 19.3 Å². The molecule has 3 fully saturated rings. The lowest BCUT2D eigenvalue weighted by atomic mass is 9.82. The standard InChI is InChI=1S/C19H24N4O5/c24-15(13-23-17(26)19(20-18(23)27)6-2-1-3-7-19)21-8-10-22(11-9-21)16(25)14-5-4-12-28-14/h4-5,12H,1-3,6-11,13H2,(H,20,27). The Hall–Kier alpha value is -2.84. The third-order valence-electron chi connectivity index (χ3n) is 5.90. The fraction of sp³-hybridized carbons (Fsp3) is 0.579. The van der Waals surface area contributed by atoms with Crippen LogP contribution in [0, 0.1) is 0 Å². The van der Waals surface area contributed by atoms with Gasteiger partial charge in [0.2, 0.25) is 5.91 Å². The maximum Gasteiger partial charge on any atom is 0.325 e. The number of urea groups is 1. The molecule has 3 aliphatic rings. The number of carbonyl (C=O) groups excluding carboxylic acids is 4. The average molecular weight is 388 g/mol. The van der Waals surface area contributed by atoms with Crippen molar-refractivity contribution >= 4 is 23.8 Å². The Kier molecular flexibility index (Phi) is 4.82. The molecule has 1 aliphatic carbocycles. The molecule has 0 unspecified atom stereocenters. The lowest BCUT2D eigenvalue weighted by molar-refractivity contribution is -0.140. The maximum absolute atomic E-state index is 12.8. The van der Waals surface area contributed by atoms with E-state index in [0.29, 0.717) is 39.0 Å². The van der Waals surface area contributed by atoms with Gasteiger partial charge in [0.05, 0.1) is 6.26 Å². The summed E-state index contributed by atoms with van der Waals surface area (Å²) >= 11 is 0. The fourth-order valence-corrected chi connectivity index (χ4v) is 4.26. The van der Waals surface area contributed by atoms with Crippen LogP contribution in [0.4, 0.5) is 4.79 Å². The van der Waals surface area contributed by atoms with Crippen molar-refractivity contribution < 1.29 is 23.6 Å². The number of hydrogen-bond acceptors (Lipinski definition) is 5. The van der Waals surface area contributed by atoms with Crippen LogP contribution in [0.15, 0.2) is 22.8 Å². The number of carbonyl (C=O) groups is 4. The van der Waals surface area contributed by atoms with Gasteiger partial charge in [-0.15, -0.1) is 0 Å². The monoisotopic (exact) mass is 388 g/mol. The number of nitrogens with zero attached hydrogens (tertiary/aromatic N) is 3. The Labute approximate surface area is 162 Å². The largest absolute Gasteiger partial charge is 0.459 e. The molecule has 9 heteroatoms. The van der Waals surface area contributed by atoms with Gasteiger partial charge < -0.3 is 19.5 Å². The van der Waals surface area contributed by atoms with E-state index in [9.17, 15) is 19.2 Å². The second-order valence-electron chi connectivity index (χ2n) is 7.61. The van der Waals surface area contributed by atoms with Crippen molar-refractivity contribution in [3.05, 3.63) is 24.2 Å². The molecule has 2 saturated heterocycles. The minimum atomic E-state index is -0.816. The first kappa shape index (κ1) is 18.5. The zero-order valence-corrected chi connectivity index (χ0v) is 15.7. The number of piperazine rings is 1. The molecule has 28 heavy (non-hydrogen) atoms. The van der Waals surface area contributed by atoms with E-state index in [1.807, 2.05) is 0 Å². The molecule has 0 bridgehead atoms. The minimum absolute atomic E-state index is 0.203. The molecule has 150 valence electrons. The molecule has 1 saturated carbocycles. The van der Waals surface area contributed by atoms with E-state index in [4.69, 9.17) is 4.42 Å². The Balaban J connectivity index is 1.33. The minimum Gasteiger partial charge on any atom is -0.459 e. The number of imide groups is 1. The van der Waals surface area contributed by atoms with Gasteiger partial charge in [-0.1, -0.05) is 19.3 Å². The van der Waals surface area contributed by atoms with E-state index < -0.39 is 11.6 Å². The smallest absolute Gasteiger partial charge is 0.325 e. The van der Waals surface area contributed by atoms with Crippen LogP contribution in [0.25, 0.3) is 0 Å². The normalized spacial score (nSPS) is 21.9. The molecular formula is C19H24N4O5. The van der Waals surface area contributed by atoms with Crippen LogP contribution in [-0.2, 0) is 9.59 Å². The van der Waals surface area contributed by atoms with Crippen molar-refractivity contribution in [2.75, 3.05) is 32.7 Å². The molecule has 0 radical (unpaired) electrons. The Morgan fingerprint density at radius 1 is 1.04 bits per heavy atom. The quantitative estimate of drug-likeness (QED) is 0.772. The maximum atomic E-state index is 12.8. The number of amides is 5. The molecule has 1 spiro atoms. The highest BCUT2D eigenvalue weighted by Crippen LogP contribution is 2.33. The summed E-state index contributed by atoms with van der Waals surface area (Å²) in [6, 6.07) is 2.79. The van der Waals surface area contributed by atoms with Crippen LogP contribution in [0.3, 0.4) is 0 Å². The number of nitrogens with one attached hydrogen (secondary N) is 1. The van der Waals surface area contributed by atoms with Gasteiger partial charge in [-0.25, -0.2) is 4.79 Å². The van der Waals surface area contributed by atoms with Crippen molar-refractivity contribution in [3.63, 3.8) is 0 Å². The molecule has 9 nitrogen and oxygen atoms in total. The lowest BCUT2D eigenvalue weighted by Gasteiger charge is -2.35. The fourth-order valence-electron chi connectivity index (χ4n) is 4.26. The molecular weight excluding hydrogens is 364 g/mol. The van der Waals surface area contributed by atoms with Gasteiger partial charge in [-0.05, 0) is 25.0 Å². The highest BCUT2D eigenvalue weighted by molar-refractivity contribution is 6.09. The topological polar surface area (TPSA) is 103 Å². The third kappa shape index (κ3) is 3.25. The van der Waals surface area contributed by atoms with Crippen molar-refractivity contribution in [2.45, 2.75) is 37.6 Å². The zero-order valence-electron chi connectivity index (χ0n) is 15.7. The van der Waals surface area contributed by atoms with Gasteiger partial charge in [0.1, 0.15) is 12.1 Å². The SMILES string of the molecule is O=C(CN1C(=O)NC2(CCCCC2)C1=O)N1CCN(C(=O)c2ccco2)CC1. The summed E-state index contributed by atoms with van der Waals surface area (Å²) < 4.78 is 5.13. The molecule has 3 heterocycles. The van der Waals surface area contributed by atoms with Gasteiger partial charge in [0.25, 0.3) is 11.8 Å². The molecule has 1 N–H and O–H groups in total. The highest BCUT2D eigenvalue weighted by Gasteiger charge is 2.51. The molecule has 4 rings (SSSR count). The second kappa shape index (κ2) is 7.29. The van der Waals surface area contributed by atoms with E-state index in [0.717, 1.165) is 24.2 Å². The third-order valence-corrected chi connectivity index (χ3v) is 5.90. The summed E-state index contributed by atoms with van der Waals surface area (Å²) in [5.41, 5.74) is -0.816. The van der Waals surface area contributed by atoms with Crippen LogP contribution in [-0.4, -0.2) is 76.7 Å². The van der Waals surface area contributed by atoms with Crippen LogP contribution >= 0.6 is 0 Å². The van der Waals surface area contributed by atoms with Crippen molar-refractivity contribution in [1.82, 2.24) is 20.0 Å². The Morgan fingerprint density at radius 2 is 1.71 bits per heavy atom. The highest BCUT2D eigenvalue weighted by atomic mass is 16.3. The molecule has 1 aromatic rings. The van der Waals surface area contributed by atoms with E-state index in [1.54, 1.807) is 21.9 Å².